The molecule has 7 heteroatoms. The molecule has 0 aromatic heterocycles. The van der Waals surface area contributed by atoms with E-state index in [1.807, 2.05) is 30.3 Å². The van der Waals surface area contributed by atoms with E-state index in [0.29, 0.717) is 0 Å². The minimum Gasteiger partial charge on any atom is -0.374 e. The molecule has 1 unspecified atom stereocenters. The van der Waals surface area contributed by atoms with Gasteiger partial charge in [-0.15, -0.1) is 0 Å². The average Bonchev–Trinajstić information content (AvgIpc) is 2.41. The first kappa shape index (κ1) is 17.7. The molecule has 21 heavy (non-hydrogen) atoms. The highest BCUT2D eigenvalue weighted by Gasteiger charge is 2.23. The van der Waals surface area contributed by atoms with Crippen molar-refractivity contribution >= 4 is 16.8 Å². The van der Waals surface area contributed by atoms with Crippen LogP contribution in [0.4, 0.5) is 13.2 Å². The molecule has 0 aliphatic heterocycles. The van der Waals surface area contributed by atoms with E-state index in [1.165, 1.54) is 0 Å². The molecular weight excluding hydrogens is 309 g/mol. The van der Waals surface area contributed by atoms with E-state index in [2.05, 4.69) is 0 Å². The summed E-state index contributed by atoms with van der Waals surface area (Å²) in [6.07, 6.45) is -4.61. The van der Waals surface area contributed by atoms with E-state index < -0.39 is 24.1 Å². The van der Waals surface area contributed by atoms with Crippen LogP contribution in [0, 0.1) is 0 Å². The number of allylic oxidation sites excluding steroid dienone is 1. The average molecular weight is 323 g/mol. The summed E-state index contributed by atoms with van der Waals surface area (Å²) in [5.41, 5.74) is 0.879. The second-order valence-electron chi connectivity index (χ2n) is 4.11. The first-order chi connectivity index (χ1) is 9.87. The first-order valence-corrected chi connectivity index (χ1v) is 6.42. The van der Waals surface area contributed by atoms with Crippen LogP contribution < -0.4 is 0 Å². The van der Waals surface area contributed by atoms with Crippen molar-refractivity contribution in [3.63, 3.8) is 0 Å². The summed E-state index contributed by atoms with van der Waals surface area (Å²) in [6.45, 7) is -0.371. The Bertz CT molecular complexity index is 460. The summed E-state index contributed by atoms with van der Waals surface area (Å²) in [5, 5.41) is -0.788. The molecule has 0 saturated heterocycles. The van der Waals surface area contributed by atoms with Crippen molar-refractivity contribution < 1.29 is 27.4 Å². The van der Waals surface area contributed by atoms with Crippen molar-refractivity contribution in [1.82, 2.24) is 0 Å². The van der Waals surface area contributed by atoms with E-state index in [4.69, 9.17) is 21.1 Å². The molecule has 1 atom stereocenters. The molecule has 0 bridgehead atoms. The lowest BCUT2D eigenvalue weighted by molar-refractivity contribution is -0.118. The second kappa shape index (κ2) is 8.81. The Morgan fingerprint density at radius 3 is 2.52 bits per heavy atom. The molecule has 0 radical (unpaired) electrons. The minimum absolute atomic E-state index is 0.0439. The lowest BCUT2D eigenvalue weighted by Gasteiger charge is -2.14. The van der Waals surface area contributed by atoms with Gasteiger partial charge in [-0.1, -0.05) is 30.3 Å². The number of carbonyl (C=O) groups is 1. The standard InChI is InChI=1S/C14H14ClF3O3/c15-13(19)10-21-12(6-7-14(16,17)18)9-20-8-11-4-2-1-3-5-11/h1-7,12H,8-10H2/b7-6+. The molecule has 0 N–H and O–H groups in total. The van der Waals surface area contributed by atoms with Crippen molar-refractivity contribution in [2.24, 2.45) is 0 Å². The fraction of sp³-hybridized carbons (Fsp3) is 0.357. The van der Waals surface area contributed by atoms with Crippen LogP contribution in [0.1, 0.15) is 5.56 Å². The number of ether oxygens (including phenoxy) is 2. The van der Waals surface area contributed by atoms with E-state index in [9.17, 15) is 18.0 Å². The van der Waals surface area contributed by atoms with Gasteiger partial charge in [0.05, 0.1) is 19.3 Å². The zero-order valence-corrected chi connectivity index (χ0v) is 11.7. The minimum atomic E-state index is -4.45. The molecule has 0 saturated carbocycles. The van der Waals surface area contributed by atoms with E-state index in [1.54, 1.807) is 0 Å². The van der Waals surface area contributed by atoms with Crippen LogP contribution in [0.15, 0.2) is 42.5 Å². The SMILES string of the molecule is O=C(Cl)COC(/C=C/C(F)(F)F)COCc1ccccc1. The smallest absolute Gasteiger partial charge is 0.374 e. The van der Waals surface area contributed by atoms with Crippen molar-refractivity contribution in [3.05, 3.63) is 48.0 Å². The Morgan fingerprint density at radius 1 is 1.29 bits per heavy atom. The van der Waals surface area contributed by atoms with Gasteiger partial charge in [0.2, 0.25) is 5.24 Å². The Balaban J connectivity index is 2.48. The monoisotopic (exact) mass is 322 g/mol. The third kappa shape index (κ3) is 9.23. The fourth-order valence-corrected chi connectivity index (χ4v) is 1.48. The van der Waals surface area contributed by atoms with Gasteiger partial charge < -0.3 is 9.47 Å². The van der Waals surface area contributed by atoms with Crippen molar-refractivity contribution in [1.29, 1.82) is 0 Å². The lowest BCUT2D eigenvalue weighted by Crippen LogP contribution is -2.21. The van der Waals surface area contributed by atoms with Gasteiger partial charge in [0.25, 0.3) is 0 Å². The Hall–Kier alpha value is -1.37. The van der Waals surface area contributed by atoms with E-state index >= 15 is 0 Å². The van der Waals surface area contributed by atoms with Gasteiger partial charge in [-0.25, -0.2) is 0 Å². The number of benzene rings is 1. The van der Waals surface area contributed by atoms with Crippen molar-refractivity contribution in [2.75, 3.05) is 13.2 Å². The van der Waals surface area contributed by atoms with Crippen LogP contribution in [0.5, 0.6) is 0 Å². The zero-order valence-electron chi connectivity index (χ0n) is 11.0. The number of alkyl halides is 3. The summed E-state index contributed by atoms with van der Waals surface area (Å²) < 4.78 is 46.6. The summed E-state index contributed by atoms with van der Waals surface area (Å²) >= 11 is 5.09. The number of hydrogen-bond donors (Lipinski definition) is 0. The normalized spacial score (nSPS) is 13.5. The maximum Gasteiger partial charge on any atom is 0.409 e. The maximum atomic E-state index is 12.1. The van der Waals surface area contributed by atoms with Gasteiger partial charge in [0.1, 0.15) is 6.61 Å². The second-order valence-corrected chi connectivity index (χ2v) is 4.53. The maximum absolute atomic E-state index is 12.1. The van der Waals surface area contributed by atoms with Gasteiger partial charge in [0.15, 0.2) is 0 Å². The number of rotatable bonds is 8. The first-order valence-electron chi connectivity index (χ1n) is 6.04. The van der Waals surface area contributed by atoms with Gasteiger partial charge in [-0.05, 0) is 23.2 Å². The van der Waals surface area contributed by atoms with Crippen LogP contribution in [0.3, 0.4) is 0 Å². The molecule has 1 rings (SSSR count). The van der Waals surface area contributed by atoms with Gasteiger partial charge in [0, 0.05) is 6.08 Å². The molecule has 0 aliphatic carbocycles. The van der Waals surface area contributed by atoms with Crippen LogP contribution in [0.2, 0.25) is 0 Å². The van der Waals surface area contributed by atoms with Crippen molar-refractivity contribution in [3.8, 4) is 0 Å². The molecule has 0 fully saturated rings. The van der Waals surface area contributed by atoms with Crippen LogP contribution in [-0.2, 0) is 20.9 Å². The molecule has 0 aliphatic rings. The lowest BCUT2D eigenvalue weighted by atomic mass is 10.2. The van der Waals surface area contributed by atoms with Crippen molar-refractivity contribution in [2.45, 2.75) is 18.9 Å². The molecule has 0 amide bonds. The number of halogens is 4. The summed E-state index contributed by atoms with van der Waals surface area (Å²) in [7, 11) is 0. The fourth-order valence-electron chi connectivity index (χ4n) is 1.42. The van der Waals surface area contributed by atoms with Gasteiger partial charge in [-0.2, -0.15) is 13.2 Å². The molecule has 1 aromatic rings. The molecule has 3 nitrogen and oxygen atoms in total. The number of carbonyl (C=O) groups excluding carboxylic acids is 1. The largest absolute Gasteiger partial charge is 0.409 e. The topological polar surface area (TPSA) is 35.5 Å². The van der Waals surface area contributed by atoms with E-state index in [0.717, 1.165) is 11.6 Å². The Labute approximate surface area is 125 Å². The van der Waals surface area contributed by atoms with Crippen LogP contribution in [0.25, 0.3) is 0 Å². The molecule has 1 aromatic carbocycles. The third-order valence-electron chi connectivity index (χ3n) is 2.30. The predicted molar refractivity (Wildman–Crippen MR) is 71.9 cm³/mol. The molecule has 0 spiro atoms. The Kier molecular flexibility index (Phi) is 7.42. The predicted octanol–water partition coefficient (Wildman–Crippen LogP) is 3.47. The highest BCUT2D eigenvalue weighted by atomic mass is 35.5. The summed E-state index contributed by atoms with van der Waals surface area (Å²) in [5.74, 6) is 0. The summed E-state index contributed by atoms with van der Waals surface area (Å²) in [4.78, 5) is 10.6. The highest BCUT2D eigenvalue weighted by Crippen LogP contribution is 2.17. The quantitative estimate of drug-likeness (QED) is 0.543. The molecule has 0 heterocycles. The highest BCUT2D eigenvalue weighted by molar-refractivity contribution is 6.63. The molecular formula is C14H14ClF3O3. The van der Waals surface area contributed by atoms with Crippen LogP contribution >= 0.6 is 11.6 Å². The van der Waals surface area contributed by atoms with E-state index in [-0.39, 0.29) is 19.3 Å². The van der Waals surface area contributed by atoms with Crippen LogP contribution in [-0.4, -0.2) is 30.7 Å². The Morgan fingerprint density at radius 2 is 1.95 bits per heavy atom. The summed E-state index contributed by atoms with van der Waals surface area (Å²) in [6, 6.07) is 9.13. The third-order valence-corrected chi connectivity index (χ3v) is 2.41. The van der Waals surface area contributed by atoms with Gasteiger partial charge in [-0.3, -0.25) is 4.79 Å². The molecule has 116 valence electrons. The number of hydrogen-bond acceptors (Lipinski definition) is 3. The zero-order chi connectivity index (χ0) is 15.7. The van der Waals surface area contributed by atoms with Gasteiger partial charge >= 0.3 is 6.18 Å².